The molecule has 1 fully saturated rings. The Balaban J connectivity index is 0. The first-order valence-corrected chi connectivity index (χ1v) is 5.49. The van der Waals surface area contributed by atoms with Crippen molar-refractivity contribution in [2.24, 2.45) is 5.41 Å². The molecule has 1 heterocycles. The molecule has 1 saturated heterocycles. The van der Waals surface area contributed by atoms with Crippen molar-refractivity contribution < 1.29 is 0 Å². The van der Waals surface area contributed by atoms with Gasteiger partial charge in [0.1, 0.15) is 0 Å². The van der Waals surface area contributed by atoms with Crippen LogP contribution in [0.5, 0.6) is 0 Å². The van der Waals surface area contributed by atoms with Gasteiger partial charge in [0.15, 0.2) is 0 Å². The minimum Gasteiger partial charge on any atom is -0.295 e. The Bertz CT molecular complexity index is 151. The molecule has 0 spiro atoms. The topological polar surface area (TPSA) is 3.24 Å². The second kappa shape index (κ2) is 5.34. The Kier molecular flexibility index (Phi) is 6.18. The third kappa shape index (κ3) is 4.14. The Hall–Kier alpha value is -0.0400. The van der Waals surface area contributed by atoms with E-state index in [0.717, 1.165) is 6.04 Å². The molecule has 0 aromatic carbocycles. The first kappa shape index (κ1) is 17.4. The zero-order valence-electron chi connectivity index (χ0n) is 10.1. The van der Waals surface area contributed by atoms with Crippen LogP contribution in [0.15, 0.2) is 0 Å². The van der Waals surface area contributed by atoms with Crippen LogP contribution in [0.25, 0.3) is 0 Å². The number of likely N-dealkylation sites (tertiary alicyclic amines) is 1. The highest BCUT2D eigenvalue weighted by Crippen LogP contribution is 2.36. The molecule has 1 unspecified atom stereocenters. The summed E-state index contributed by atoms with van der Waals surface area (Å²) in [5, 5.41) is 0. The van der Waals surface area contributed by atoms with Crippen molar-refractivity contribution in [2.45, 2.75) is 80.8 Å². The normalized spacial score (nSPS) is 23.2. The van der Waals surface area contributed by atoms with E-state index in [1.165, 1.54) is 19.4 Å². The average molecular weight is 215 g/mol. The fourth-order valence-corrected chi connectivity index (χ4v) is 2.47. The molecule has 0 aromatic heterocycles. The van der Waals surface area contributed by atoms with Crippen molar-refractivity contribution in [3.8, 4) is 0 Å². The second-order valence-electron chi connectivity index (χ2n) is 6.39. The fraction of sp³-hybridized carbons (Fsp3) is 1.00. The highest BCUT2D eigenvalue weighted by molar-refractivity contribution is 4.93. The SMILES string of the molecule is C.C.CC(C)(C)C1CCCN1C(C)(C)C. The van der Waals surface area contributed by atoms with Crippen molar-refractivity contribution in [1.29, 1.82) is 0 Å². The lowest BCUT2D eigenvalue weighted by atomic mass is 9.83. The highest BCUT2D eigenvalue weighted by atomic mass is 15.2. The smallest absolute Gasteiger partial charge is 0.0149 e. The van der Waals surface area contributed by atoms with Crippen LogP contribution in [0.2, 0.25) is 0 Å². The lowest BCUT2D eigenvalue weighted by Gasteiger charge is -2.43. The number of rotatable bonds is 0. The predicted octanol–water partition coefficient (Wildman–Crippen LogP) is 4.57. The van der Waals surface area contributed by atoms with Crippen LogP contribution in [-0.2, 0) is 0 Å². The Morgan fingerprint density at radius 1 is 0.933 bits per heavy atom. The maximum Gasteiger partial charge on any atom is 0.0149 e. The van der Waals surface area contributed by atoms with Crippen molar-refractivity contribution in [3.05, 3.63) is 0 Å². The largest absolute Gasteiger partial charge is 0.295 e. The zero-order valence-corrected chi connectivity index (χ0v) is 10.1. The minimum absolute atomic E-state index is 0. The molecule has 0 amide bonds. The summed E-state index contributed by atoms with van der Waals surface area (Å²) in [5.74, 6) is 0. The van der Waals surface area contributed by atoms with Crippen LogP contribution in [0.3, 0.4) is 0 Å². The third-order valence-electron chi connectivity index (χ3n) is 3.11. The molecule has 0 aromatic rings. The fourth-order valence-electron chi connectivity index (χ4n) is 2.47. The minimum atomic E-state index is 0. The van der Waals surface area contributed by atoms with E-state index in [1.54, 1.807) is 0 Å². The predicted molar refractivity (Wildman–Crippen MR) is 72.4 cm³/mol. The van der Waals surface area contributed by atoms with Crippen LogP contribution in [-0.4, -0.2) is 23.0 Å². The van der Waals surface area contributed by atoms with E-state index < -0.39 is 0 Å². The van der Waals surface area contributed by atoms with Gasteiger partial charge in [-0.2, -0.15) is 0 Å². The molecular formula is C14H33N. The van der Waals surface area contributed by atoms with Crippen LogP contribution in [0, 0.1) is 5.41 Å². The molecule has 0 bridgehead atoms. The lowest BCUT2D eigenvalue weighted by Crippen LogP contribution is -2.49. The summed E-state index contributed by atoms with van der Waals surface area (Å²) in [6.45, 7) is 15.4. The average Bonchev–Trinajstić information content (AvgIpc) is 2.27. The van der Waals surface area contributed by atoms with Gasteiger partial charge in [0.05, 0.1) is 0 Å². The molecule has 1 atom stereocenters. The third-order valence-corrected chi connectivity index (χ3v) is 3.11. The molecule has 94 valence electrons. The van der Waals surface area contributed by atoms with Gasteiger partial charge in [0.25, 0.3) is 0 Å². The van der Waals surface area contributed by atoms with E-state index >= 15 is 0 Å². The summed E-state index contributed by atoms with van der Waals surface area (Å²) in [6, 6.07) is 0.771. The molecule has 0 aliphatic carbocycles. The first-order chi connectivity index (χ1) is 5.73. The summed E-state index contributed by atoms with van der Waals surface area (Å²) in [7, 11) is 0. The molecule has 1 aliphatic heterocycles. The molecule has 1 nitrogen and oxygen atoms in total. The number of hydrogen-bond acceptors (Lipinski definition) is 1. The van der Waals surface area contributed by atoms with Gasteiger partial charge in [-0.3, -0.25) is 4.90 Å². The van der Waals surface area contributed by atoms with Gasteiger partial charge in [-0.1, -0.05) is 35.6 Å². The maximum atomic E-state index is 2.67. The molecular weight excluding hydrogens is 182 g/mol. The van der Waals surface area contributed by atoms with E-state index in [2.05, 4.69) is 46.4 Å². The number of nitrogens with zero attached hydrogens (tertiary/aromatic N) is 1. The van der Waals surface area contributed by atoms with Crippen LogP contribution >= 0.6 is 0 Å². The summed E-state index contributed by atoms with van der Waals surface area (Å²) in [5.41, 5.74) is 0.776. The number of hydrogen-bond donors (Lipinski definition) is 0. The molecule has 1 aliphatic rings. The Labute approximate surface area is 98.2 Å². The lowest BCUT2D eigenvalue weighted by molar-refractivity contribution is 0.0582. The van der Waals surface area contributed by atoms with Gasteiger partial charge in [-0.05, 0) is 45.6 Å². The van der Waals surface area contributed by atoms with Crippen molar-refractivity contribution in [2.75, 3.05) is 6.54 Å². The van der Waals surface area contributed by atoms with Crippen molar-refractivity contribution in [3.63, 3.8) is 0 Å². The van der Waals surface area contributed by atoms with Gasteiger partial charge in [-0.25, -0.2) is 0 Å². The first-order valence-electron chi connectivity index (χ1n) is 5.49. The van der Waals surface area contributed by atoms with E-state index in [-0.39, 0.29) is 14.9 Å². The van der Waals surface area contributed by atoms with E-state index in [9.17, 15) is 0 Å². The second-order valence-corrected chi connectivity index (χ2v) is 6.39. The molecule has 0 N–H and O–H groups in total. The summed E-state index contributed by atoms with van der Waals surface area (Å²) in [6.07, 6.45) is 2.75. The van der Waals surface area contributed by atoms with Crippen LogP contribution < -0.4 is 0 Å². The molecule has 0 saturated carbocycles. The summed E-state index contributed by atoms with van der Waals surface area (Å²) in [4.78, 5) is 2.67. The van der Waals surface area contributed by atoms with Gasteiger partial charge in [0.2, 0.25) is 0 Å². The quantitative estimate of drug-likeness (QED) is 0.572. The van der Waals surface area contributed by atoms with Gasteiger partial charge < -0.3 is 0 Å². The van der Waals surface area contributed by atoms with Gasteiger partial charge in [0, 0.05) is 11.6 Å². The van der Waals surface area contributed by atoms with E-state index in [1.807, 2.05) is 0 Å². The summed E-state index contributed by atoms with van der Waals surface area (Å²) >= 11 is 0. The van der Waals surface area contributed by atoms with E-state index in [4.69, 9.17) is 0 Å². The molecule has 1 heteroatoms. The van der Waals surface area contributed by atoms with E-state index in [0.29, 0.717) is 11.0 Å². The summed E-state index contributed by atoms with van der Waals surface area (Å²) < 4.78 is 0. The standard InChI is InChI=1S/C12H25N.2CH4/c1-11(2,3)10-8-7-9-13(10)12(4,5)6;;/h10H,7-9H2,1-6H3;2*1H4. The van der Waals surface area contributed by atoms with Crippen LogP contribution in [0.4, 0.5) is 0 Å². The highest BCUT2D eigenvalue weighted by Gasteiger charge is 2.38. The molecule has 0 radical (unpaired) electrons. The Morgan fingerprint density at radius 3 is 1.67 bits per heavy atom. The van der Waals surface area contributed by atoms with Crippen LogP contribution in [0.1, 0.15) is 69.2 Å². The monoisotopic (exact) mass is 215 g/mol. The van der Waals surface area contributed by atoms with Crippen molar-refractivity contribution >= 4 is 0 Å². The molecule has 1 rings (SSSR count). The maximum absolute atomic E-state index is 2.67. The van der Waals surface area contributed by atoms with Gasteiger partial charge in [-0.15, -0.1) is 0 Å². The Morgan fingerprint density at radius 2 is 1.40 bits per heavy atom. The molecule has 15 heavy (non-hydrogen) atoms. The van der Waals surface area contributed by atoms with Gasteiger partial charge >= 0.3 is 0 Å². The zero-order chi connectivity index (χ0) is 10.3. The van der Waals surface area contributed by atoms with Crippen molar-refractivity contribution in [1.82, 2.24) is 4.90 Å².